The zero-order chi connectivity index (χ0) is 15.7. The Morgan fingerprint density at radius 1 is 1.19 bits per heavy atom. The molecule has 118 valence electrons. The Hall–Kier alpha value is -1.56. The quantitative estimate of drug-likeness (QED) is 0.702. The zero-order valence-corrected chi connectivity index (χ0v) is 13.4. The number of hydrogen-bond donors (Lipinski definition) is 1. The highest BCUT2D eigenvalue weighted by atomic mass is 32.2. The molecule has 0 saturated carbocycles. The van der Waals surface area contributed by atoms with Gasteiger partial charge in [-0.15, -0.1) is 0 Å². The largest absolute Gasteiger partial charge is 0.497 e. The van der Waals surface area contributed by atoms with Crippen molar-refractivity contribution in [3.8, 4) is 5.75 Å². The van der Waals surface area contributed by atoms with Crippen LogP contribution in [0, 0.1) is 0 Å². The molecule has 1 N–H and O–H groups in total. The molecule has 0 saturated heterocycles. The van der Waals surface area contributed by atoms with Crippen LogP contribution in [0.15, 0.2) is 24.3 Å². The number of nitrogens with one attached hydrogen (secondary N) is 1. The van der Waals surface area contributed by atoms with Gasteiger partial charge in [-0.1, -0.05) is 12.1 Å². The molecule has 0 aromatic heterocycles. The summed E-state index contributed by atoms with van der Waals surface area (Å²) >= 11 is 0. The van der Waals surface area contributed by atoms with Gasteiger partial charge in [0.1, 0.15) is 15.6 Å². The molecule has 0 atom stereocenters. The van der Waals surface area contributed by atoms with Crippen LogP contribution < -0.4 is 10.1 Å². The number of benzene rings is 1. The Bertz CT molecular complexity index is 537. The molecular formula is C15H23NO4S. The molecule has 0 spiro atoms. The van der Waals surface area contributed by atoms with E-state index < -0.39 is 9.84 Å². The molecule has 1 rings (SSSR count). The van der Waals surface area contributed by atoms with Gasteiger partial charge in [0.05, 0.1) is 12.9 Å². The van der Waals surface area contributed by atoms with Gasteiger partial charge in [0.25, 0.3) is 0 Å². The Morgan fingerprint density at radius 3 is 2.43 bits per heavy atom. The van der Waals surface area contributed by atoms with Crippen LogP contribution in [-0.2, 0) is 21.1 Å². The lowest BCUT2D eigenvalue weighted by atomic mass is 10.1. The molecule has 1 aromatic rings. The van der Waals surface area contributed by atoms with E-state index >= 15 is 0 Å². The number of aryl methyl sites for hydroxylation is 1. The van der Waals surface area contributed by atoms with Crippen LogP contribution in [0.3, 0.4) is 0 Å². The molecule has 0 aliphatic heterocycles. The van der Waals surface area contributed by atoms with Crippen molar-refractivity contribution in [3.63, 3.8) is 0 Å². The van der Waals surface area contributed by atoms with E-state index in [0.717, 1.165) is 31.3 Å². The number of unbranched alkanes of at least 4 members (excludes halogenated alkanes) is 1. The number of sulfone groups is 1. The molecule has 0 fully saturated rings. The molecule has 0 unspecified atom stereocenters. The molecule has 21 heavy (non-hydrogen) atoms. The molecule has 0 bridgehead atoms. The van der Waals surface area contributed by atoms with Crippen LogP contribution in [0.2, 0.25) is 0 Å². The Morgan fingerprint density at radius 2 is 1.86 bits per heavy atom. The first-order valence-corrected chi connectivity index (χ1v) is 9.04. The van der Waals surface area contributed by atoms with Crippen LogP contribution in [0.1, 0.15) is 24.8 Å². The summed E-state index contributed by atoms with van der Waals surface area (Å²) in [4.78, 5) is 11.4. The minimum Gasteiger partial charge on any atom is -0.497 e. The van der Waals surface area contributed by atoms with E-state index in [0.29, 0.717) is 6.54 Å². The minimum absolute atomic E-state index is 0.0390. The third kappa shape index (κ3) is 8.34. The summed E-state index contributed by atoms with van der Waals surface area (Å²) in [5.74, 6) is 0.548. The van der Waals surface area contributed by atoms with Crippen LogP contribution in [0.4, 0.5) is 0 Å². The van der Waals surface area contributed by atoms with E-state index in [-0.39, 0.29) is 18.1 Å². The van der Waals surface area contributed by atoms with Gasteiger partial charge in [0.2, 0.25) is 5.91 Å². The lowest BCUT2D eigenvalue weighted by molar-refractivity contribution is -0.120. The van der Waals surface area contributed by atoms with E-state index in [2.05, 4.69) is 5.32 Å². The van der Waals surface area contributed by atoms with Crippen molar-refractivity contribution in [1.29, 1.82) is 0 Å². The summed E-state index contributed by atoms with van der Waals surface area (Å²) in [5, 5.41) is 2.74. The fourth-order valence-corrected chi connectivity index (χ4v) is 2.40. The summed E-state index contributed by atoms with van der Waals surface area (Å²) in [6, 6.07) is 7.93. The van der Waals surface area contributed by atoms with Gasteiger partial charge in [-0.2, -0.15) is 0 Å². The molecule has 0 aliphatic rings. The highest BCUT2D eigenvalue weighted by Gasteiger charge is 2.07. The van der Waals surface area contributed by atoms with Crippen LogP contribution in [0.25, 0.3) is 0 Å². The van der Waals surface area contributed by atoms with Gasteiger partial charge in [0.15, 0.2) is 0 Å². The Balaban J connectivity index is 2.12. The predicted octanol–water partition coefficient (Wildman–Crippen LogP) is 1.57. The zero-order valence-electron chi connectivity index (χ0n) is 12.6. The van der Waals surface area contributed by atoms with Gasteiger partial charge in [0, 0.05) is 19.2 Å². The maximum Gasteiger partial charge on any atom is 0.221 e. The van der Waals surface area contributed by atoms with E-state index in [1.165, 1.54) is 5.56 Å². The van der Waals surface area contributed by atoms with Gasteiger partial charge < -0.3 is 10.1 Å². The van der Waals surface area contributed by atoms with Crippen molar-refractivity contribution in [2.45, 2.75) is 25.7 Å². The first kappa shape index (κ1) is 17.5. The normalized spacial score (nSPS) is 11.1. The molecule has 6 heteroatoms. The van der Waals surface area contributed by atoms with Gasteiger partial charge in [-0.3, -0.25) is 4.79 Å². The fraction of sp³-hybridized carbons (Fsp3) is 0.533. The maximum atomic E-state index is 11.4. The number of hydrogen-bond acceptors (Lipinski definition) is 4. The number of methoxy groups -OCH3 is 1. The highest BCUT2D eigenvalue weighted by Crippen LogP contribution is 2.12. The highest BCUT2D eigenvalue weighted by molar-refractivity contribution is 7.90. The van der Waals surface area contributed by atoms with Crippen molar-refractivity contribution in [1.82, 2.24) is 5.32 Å². The average molecular weight is 313 g/mol. The van der Waals surface area contributed by atoms with Gasteiger partial charge in [-0.25, -0.2) is 8.42 Å². The minimum atomic E-state index is -3.07. The standard InChI is InChI=1S/C15H23NO4S/c1-20-14-8-6-13(7-9-14)5-3-4-11-16-15(17)10-12-21(2,18)19/h6-9H,3-5,10-12H2,1-2H3,(H,16,17). The van der Waals surface area contributed by atoms with Crippen LogP contribution in [0.5, 0.6) is 5.75 Å². The van der Waals surface area contributed by atoms with E-state index in [1.807, 2.05) is 24.3 Å². The second kappa shape index (κ2) is 8.67. The number of amides is 1. The van der Waals surface area contributed by atoms with Crippen LogP contribution >= 0.6 is 0 Å². The first-order chi connectivity index (χ1) is 9.90. The molecule has 5 nitrogen and oxygen atoms in total. The number of ether oxygens (including phenoxy) is 1. The third-order valence-corrected chi connectivity index (χ3v) is 4.02. The Labute approximate surface area is 126 Å². The monoisotopic (exact) mass is 313 g/mol. The number of carbonyl (C=O) groups excluding carboxylic acids is 1. The van der Waals surface area contributed by atoms with Crippen molar-refractivity contribution in [2.24, 2.45) is 0 Å². The van der Waals surface area contributed by atoms with Crippen LogP contribution in [-0.4, -0.2) is 40.0 Å². The predicted molar refractivity (Wildman–Crippen MR) is 83.3 cm³/mol. The van der Waals surface area contributed by atoms with E-state index in [9.17, 15) is 13.2 Å². The van der Waals surface area contributed by atoms with Crippen molar-refractivity contribution in [3.05, 3.63) is 29.8 Å². The van der Waals surface area contributed by atoms with E-state index in [1.54, 1.807) is 7.11 Å². The second-order valence-corrected chi connectivity index (χ2v) is 7.29. The lowest BCUT2D eigenvalue weighted by Crippen LogP contribution is -2.26. The summed E-state index contributed by atoms with van der Waals surface area (Å²) in [6.45, 7) is 0.582. The Kier molecular flexibility index (Phi) is 7.22. The van der Waals surface area contributed by atoms with Crippen molar-refractivity contribution < 1.29 is 17.9 Å². The van der Waals surface area contributed by atoms with Crippen molar-refractivity contribution >= 4 is 15.7 Å². The fourth-order valence-electron chi connectivity index (χ4n) is 1.84. The topological polar surface area (TPSA) is 72.5 Å². The molecule has 1 amide bonds. The average Bonchev–Trinajstić information content (AvgIpc) is 2.44. The molecular weight excluding hydrogens is 290 g/mol. The van der Waals surface area contributed by atoms with Gasteiger partial charge in [-0.05, 0) is 37.0 Å². The molecule has 0 aliphatic carbocycles. The third-order valence-electron chi connectivity index (χ3n) is 3.07. The van der Waals surface area contributed by atoms with Gasteiger partial charge >= 0.3 is 0 Å². The summed E-state index contributed by atoms with van der Waals surface area (Å²) in [5.41, 5.74) is 1.24. The number of rotatable bonds is 9. The second-order valence-electron chi connectivity index (χ2n) is 5.04. The summed E-state index contributed by atoms with van der Waals surface area (Å²) in [7, 11) is -1.43. The molecule has 0 radical (unpaired) electrons. The first-order valence-electron chi connectivity index (χ1n) is 6.98. The smallest absolute Gasteiger partial charge is 0.221 e. The SMILES string of the molecule is COc1ccc(CCCCNC(=O)CCS(C)(=O)=O)cc1. The van der Waals surface area contributed by atoms with Crippen molar-refractivity contribution in [2.75, 3.05) is 25.7 Å². The lowest BCUT2D eigenvalue weighted by Gasteiger charge is -2.06. The maximum absolute atomic E-state index is 11.4. The number of carbonyl (C=O) groups is 1. The summed E-state index contributed by atoms with van der Waals surface area (Å²) < 4.78 is 26.9. The van der Waals surface area contributed by atoms with E-state index in [4.69, 9.17) is 4.74 Å². The molecule has 0 heterocycles. The summed E-state index contributed by atoms with van der Waals surface area (Å²) in [6.07, 6.45) is 3.96. The molecule has 1 aromatic carbocycles.